The molecule has 0 heteroatoms. The fourth-order valence-corrected chi connectivity index (χ4v) is 4.04. The van der Waals surface area contributed by atoms with Crippen LogP contribution in [0.2, 0.25) is 0 Å². The lowest BCUT2D eigenvalue weighted by molar-refractivity contribution is 0.720. The van der Waals surface area contributed by atoms with Gasteiger partial charge in [-0.25, -0.2) is 0 Å². The van der Waals surface area contributed by atoms with Crippen LogP contribution < -0.4 is 10.4 Å². The first-order chi connectivity index (χ1) is 8.73. The van der Waals surface area contributed by atoms with E-state index in [1.807, 2.05) is 0 Å². The lowest BCUT2D eigenvalue weighted by Gasteiger charge is -2.22. The Morgan fingerprint density at radius 2 is 1.89 bits per heavy atom. The van der Waals surface area contributed by atoms with Gasteiger partial charge in [-0.1, -0.05) is 59.2 Å². The van der Waals surface area contributed by atoms with Gasteiger partial charge in [0.1, 0.15) is 0 Å². The highest BCUT2D eigenvalue weighted by Crippen LogP contribution is 2.66. The van der Waals surface area contributed by atoms with Crippen molar-refractivity contribution in [2.24, 2.45) is 11.3 Å². The molecule has 1 spiro atoms. The van der Waals surface area contributed by atoms with Crippen LogP contribution in [-0.2, 0) is 0 Å². The number of benzene rings is 1. The Morgan fingerprint density at radius 1 is 1.11 bits per heavy atom. The molecule has 1 fully saturated rings. The lowest BCUT2D eigenvalue weighted by Crippen LogP contribution is -2.28. The molecule has 90 valence electrons. The van der Waals surface area contributed by atoms with Gasteiger partial charge >= 0.3 is 0 Å². The summed E-state index contributed by atoms with van der Waals surface area (Å²) in [7, 11) is 0. The van der Waals surface area contributed by atoms with Crippen molar-refractivity contribution in [1.82, 2.24) is 0 Å². The third-order valence-corrected chi connectivity index (χ3v) is 5.14. The Balaban J connectivity index is 2.14. The van der Waals surface area contributed by atoms with Crippen molar-refractivity contribution in [3.05, 3.63) is 58.5 Å². The molecule has 1 saturated carbocycles. The zero-order chi connectivity index (χ0) is 12.3. The normalized spacial score (nSPS) is 32.1. The molecule has 1 aromatic rings. The van der Waals surface area contributed by atoms with E-state index in [1.165, 1.54) is 22.4 Å². The highest BCUT2D eigenvalue weighted by molar-refractivity contribution is 5.69. The summed E-state index contributed by atoms with van der Waals surface area (Å²) >= 11 is 0. The minimum absolute atomic E-state index is 0.378. The fraction of sp³-hybridized carbons (Fsp3) is 0.333. The molecule has 0 bridgehead atoms. The maximum absolute atomic E-state index is 2.40. The summed E-state index contributed by atoms with van der Waals surface area (Å²) in [6.07, 6.45) is 9.50. The van der Waals surface area contributed by atoms with E-state index in [0.29, 0.717) is 5.41 Å². The Bertz CT molecular complexity index is 715. The van der Waals surface area contributed by atoms with Gasteiger partial charge in [0.2, 0.25) is 0 Å². The standard InChI is InChI=1S/C18H18/c1-12-10-14-6-5-7-15-11-18(14,15)13(2)17-9-4-3-8-16(12)17/h3-9,15H,10-11H2,1-2H3. The van der Waals surface area contributed by atoms with Crippen LogP contribution in [0.25, 0.3) is 11.1 Å². The zero-order valence-corrected chi connectivity index (χ0v) is 11.0. The van der Waals surface area contributed by atoms with Crippen molar-refractivity contribution in [1.29, 1.82) is 0 Å². The molecule has 0 aromatic heterocycles. The number of fused-ring (bicyclic) bond motifs is 1. The van der Waals surface area contributed by atoms with Crippen LogP contribution >= 0.6 is 0 Å². The molecular weight excluding hydrogens is 216 g/mol. The number of hydrogen-bond acceptors (Lipinski definition) is 0. The molecule has 0 N–H and O–H groups in total. The van der Waals surface area contributed by atoms with Gasteiger partial charge < -0.3 is 0 Å². The van der Waals surface area contributed by atoms with Gasteiger partial charge in [-0.15, -0.1) is 0 Å². The third-order valence-electron chi connectivity index (χ3n) is 5.14. The minimum atomic E-state index is 0.378. The summed E-state index contributed by atoms with van der Waals surface area (Å²) < 4.78 is 0. The Hall–Kier alpha value is -1.56. The van der Waals surface area contributed by atoms with Gasteiger partial charge in [-0.2, -0.15) is 0 Å². The van der Waals surface area contributed by atoms with Crippen LogP contribution in [0.5, 0.6) is 0 Å². The fourth-order valence-electron chi connectivity index (χ4n) is 4.04. The summed E-state index contributed by atoms with van der Waals surface area (Å²) in [5.41, 5.74) is 5.13. The highest BCUT2D eigenvalue weighted by Gasteiger charge is 2.57. The average Bonchev–Trinajstić information content (AvgIpc) is 3.14. The Morgan fingerprint density at radius 3 is 2.72 bits per heavy atom. The second-order valence-corrected chi connectivity index (χ2v) is 5.99. The van der Waals surface area contributed by atoms with E-state index in [4.69, 9.17) is 0 Å². The summed E-state index contributed by atoms with van der Waals surface area (Å²) in [6.45, 7) is 4.64. The van der Waals surface area contributed by atoms with Crippen LogP contribution in [0.4, 0.5) is 0 Å². The number of rotatable bonds is 0. The van der Waals surface area contributed by atoms with E-state index < -0.39 is 0 Å². The van der Waals surface area contributed by atoms with Crippen molar-refractivity contribution in [3.63, 3.8) is 0 Å². The van der Waals surface area contributed by atoms with E-state index in [0.717, 1.165) is 12.3 Å². The maximum Gasteiger partial charge on any atom is 0.0202 e. The molecule has 3 aliphatic rings. The first kappa shape index (κ1) is 10.4. The van der Waals surface area contributed by atoms with E-state index in [1.54, 1.807) is 11.1 Å². The van der Waals surface area contributed by atoms with Gasteiger partial charge in [-0.3, -0.25) is 0 Å². The Kier molecular flexibility index (Phi) is 1.88. The minimum Gasteiger partial charge on any atom is -0.0802 e. The van der Waals surface area contributed by atoms with E-state index in [2.05, 4.69) is 56.3 Å². The molecule has 3 aliphatic carbocycles. The lowest BCUT2D eigenvalue weighted by atomic mass is 9.81. The molecule has 2 unspecified atom stereocenters. The predicted molar refractivity (Wildman–Crippen MR) is 76.2 cm³/mol. The predicted octanol–water partition coefficient (Wildman–Crippen LogP) is 2.93. The number of allylic oxidation sites excluding steroid dienone is 4. The molecule has 0 aliphatic heterocycles. The molecule has 0 saturated heterocycles. The summed E-state index contributed by atoms with van der Waals surface area (Å²) in [5.74, 6) is 0.761. The molecule has 0 amide bonds. The van der Waals surface area contributed by atoms with Crippen molar-refractivity contribution < 1.29 is 0 Å². The van der Waals surface area contributed by atoms with Gasteiger partial charge in [0.25, 0.3) is 0 Å². The van der Waals surface area contributed by atoms with E-state index >= 15 is 0 Å². The van der Waals surface area contributed by atoms with Gasteiger partial charge in [0.15, 0.2) is 0 Å². The zero-order valence-electron chi connectivity index (χ0n) is 11.0. The molecule has 4 rings (SSSR count). The molecule has 0 nitrogen and oxygen atoms in total. The quantitative estimate of drug-likeness (QED) is 0.647. The van der Waals surface area contributed by atoms with Crippen LogP contribution in [-0.4, -0.2) is 0 Å². The topological polar surface area (TPSA) is 0 Å². The van der Waals surface area contributed by atoms with Crippen molar-refractivity contribution in [2.45, 2.75) is 26.7 Å². The SMILES string of the molecule is CC1=c2ccccc2=C(C)C23CC2C=CC=C3C1. The van der Waals surface area contributed by atoms with Crippen LogP contribution in [0.1, 0.15) is 26.7 Å². The first-order valence-corrected chi connectivity index (χ1v) is 6.87. The third kappa shape index (κ3) is 1.11. The van der Waals surface area contributed by atoms with Crippen molar-refractivity contribution in [2.75, 3.05) is 0 Å². The van der Waals surface area contributed by atoms with Crippen LogP contribution in [0.15, 0.2) is 48.1 Å². The smallest absolute Gasteiger partial charge is 0.0202 e. The Labute approximate surface area is 108 Å². The van der Waals surface area contributed by atoms with Crippen LogP contribution in [0.3, 0.4) is 0 Å². The molecule has 0 heterocycles. The van der Waals surface area contributed by atoms with Gasteiger partial charge in [0, 0.05) is 5.41 Å². The van der Waals surface area contributed by atoms with Gasteiger partial charge in [0.05, 0.1) is 0 Å². The van der Waals surface area contributed by atoms with E-state index in [-0.39, 0.29) is 0 Å². The number of hydrogen-bond donors (Lipinski definition) is 0. The summed E-state index contributed by atoms with van der Waals surface area (Å²) in [5, 5.41) is 2.95. The second kappa shape index (κ2) is 3.26. The first-order valence-electron chi connectivity index (χ1n) is 6.87. The largest absolute Gasteiger partial charge is 0.0802 e. The summed E-state index contributed by atoms with van der Waals surface area (Å²) in [4.78, 5) is 0. The molecule has 0 radical (unpaired) electrons. The molecule has 18 heavy (non-hydrogen) atoms. The van der Waals surface area contributed by atoms with Crippen molar-refractivity contribution in [3.8, 4) is 0 Å². The van der Waals surface area contributed by atoms with Crippen LogP contribution in [0, 0.1) is 11.3 Å². The maximum atomic E-state index is 2.40. The molecule has 2 atom stereocenters. The van der Waals surface area contributed by atoms with Gasteiger partial charge in [-0.05, 0) is 43.0 Å². The molecule has 1 aromatic carbocycles. The highest BCUT2D eigenvalue weighted by atomic mass is 14.6. The average molecular weight is 234 g/mol. The second-order valence-electron chi connectivity index (χ2n) is 5.99. The van der Waals surface area contributed by atoms with Crippen molar-refractivity contribution >= 4 is 11.1 Å². The van der Waals surface area contributed by atoms with E-state index in [9.17, 15) is 0 Å². The monoisotopic (exact) mass is 234 g/mol. The summed E-state index contributed by atoms with van der Waals surface area (Å²) in [6, 6.07) is 8.93. The molecular formula is C18H18.